The summed E-state index contributed by atoms with van der Waals surface area (Å²) in [6.45, 7) is 2.76. The quantitative estimate of drug-likeness (QED) is 0.584. The Morgan fingerprint density at radius 1 is 1.09 bits per heavy atom. The summed E-state index contributed by atoms with van der Waals surface area (Å²) in [5, 5.41) is 13.0. The first-order valence-electron chi connectivity index (χ1n) is 10.5. The van der Waals surface area contributed by atoms with Crippen LogP contribution in [-0.2, 0) is 29.1 Å². The van der Waals surface area contributed by atoms with E-state index < -0.39 is 0 Å². The molecule has 2 amide bonds. The number of halogens is 1. The van der Waals surface area contributed by atoms with Gasteiger partial charge < -0.3 is 14.5 Å². The van der Waals surface area contributed by atoms with Crippen molar-refractivity contribution in [1.29, 1.82) is 0 Å². The molecule has 0 N–H and O–H groups in total. The lowest BCUT2D eigenvalue weighted by Crippen LogP contribution is -2.51. The molecule has 2 aromatic heterocycles. The minimum atomic E-state index is -0.165. The van der Waals surface area contributed by atoms with Crippen LogP contribution in [0, 0.1) is 0 Å². The molecule has 166 valence electrons. The summed E-state index contributed by atoms with van der Waals surface area (Å²) >= 11 is 7.56. The van der Waals surface area contributed by atoms with Crippen molar-refractivity contribution in [3.05, 3.63) is 68.6 Å². The van der Waals surface area contributed by atoms with Gasteiger partial charge in [-0.3, -0.25) is 9.59 Å². The van der Waals surface area contributed by atoms with Gasteiger partial charge in [0.2, 0.25) is 5.91 Å². The minimum Gasteiger partial charge on any atom is -0.365 e. The highest BCUT2D eigenvalue weighted by Crippen LogP contribution is 2.28. The maximum atomic E-state index is 13.1. The van der Waals surface area contributed by atoms with E-state index in [-0.39, 0.29) is 24.5 Å². The molecule has 32 heavy (non-hydrogen) atoms. The second-order valence-corrected chi connectivity index (χ2v) is 9.12. The Morgan fingerprint density at radius 2 is 1.84 bits per heavy atom. The minimum absolute atomic E-state index is 0.0955. The van der Waals surface area contributed by atoms with Crippen molar-refractivity contribution in [1.82, 2.24) is 24.8 Å². The number of ether oxygens (including phenoxy) is 1. The number of thiophene rings is 1. The lowest BCUT2D eigenvalue weighted by Gasteiger charge is -2.34. The van der Waals surface area contributed by atoms with E-state index in [1.807, 2.05) is 46.0 Å². The van der Waals surface area contributed by atoms with Crippen LogP contribution in [0.3, 0.4) is 0 Å². The van der Waals surface area contributed by atoms with Gasteiger partial charge in [-0.15, -0.1) is 5.10 Å². The second kappa shape index (κ2) is 9.01. The number of nitrogens with zero attached hydrogens (tertiary/aromatic N) is 5. The van der Waals surface area contributed by atoms with Crippen molar-refractivity contribution in [3.8, 4) is 0 Å². The zero-order valence-corrected chi connectivity index (χ0v) is 18.9. The number of aromatic nitrogens is 3. The van der Waals surface area contributed by atoms with Crippen LogP contribution in [0.4, 0.5) is 0 Å². The number of fused-ring (bicyclic) bond motifs is 1. The van der Waals surface area contributed by atoms with Crippen LogP contribution in [0.1, 0.15) is 33.4 Å². The van der Waals surface area contributed by atoms with Crippen LogP contribution in [-0.4, -0.2) is 62.8 Å². The number of benzene rings is 1. The number of hydrogen-bond donors (Lipinski definition) is 0. The largest absolute Gasteiger partial charge is 0.365 e. The molecule has 2 aliphatic heterocycles. The van der Waals surface area contributed by atoms with Crippen molar-refractivity contribution in [2.24, 2.45) is 0 Å². The molecule has 0 aliphatic carbocycles. The van der Waals surface area contributed by atoms with Gasteiger partial charge in [0, 0.05) is 31.2 Å². The molecule has 1 fully saturated rings. The summed E-state index contributed by atoms with van der Waals surface area (Å²) in [5.74, 6) is -0.0668. The zero-order valence-electron chi connectivity index (χ0n) is 17.3. The number of carbonyl (C=O) groups is 2. The first-order valence-corrected chi connectivity index (χ1v) is 11.8. The van der Waals surface area contributed by atoms with Gasteiger partial charge in [0.15, 0.2) is 5.69 Å². The highest BCUT2D eigenvalue weighted by Gasteiger charge is 2.32. The number of hydrogen-bond acceptors (Lipinski definition) is 6. The molecule has 1 saturated heterocycles. The predicted octanol–water partition coefficient (Wildman–Crippen LogP) is 2.79. The molecular formula is C22H22ClN5O3S. The molecule has 1 aromatic carbocycles. The molecule has 0 bridgehead atoms. The van der Waals surface area contributed by atoms with E-state index >= 15 is 0 Å². The van der Waals surface area contributed by atoms with E-state index in [0.717, 1.165) is 11.1 Å². The monoisotopic (exact) mass is 471 g/mol. The highest BCUT2D eigenvalue weighted by atomic mass is 35.5. The van der Waals surface area contributed by atoms with E-state index in [9.17, 15) is 9.59 Å². The normalized spacial score (nSPS) is 18.5. The molecule has 1 atom stereocenters. The summed E-state index contributed by atoms with van der Waals surface area (Å²) in [6.07, 6.45) is 0.240. The van der Waals surface area contributed by atoms with Crippen molar-refractivity contribution >= 4 is 34.8 Å². The zero-order chi connectivity index (χ0) is 22.1. The molecular weight excluding hydrogens is 450 g/mol. The van der Waals surface area contributed by atoms with E-state index in [0.29, 0.717) is 55.6 Å². The van der Waals surface area contributed by atoms with Crippen molar-refractivity contribution < 1.29 is 14.3 Å². The Balaban J connectivity index is 1.20. The molecule has 4 heterocycles. The third kappa shape index (κ3) is 4.28. The highest BCUT2D eigenvalue weighted by molar-refractivity contribution is 7.08. The van der Waals surface area contributed by atoms with Gasteiger partial charge in [-0.1, -0.05) is 28.9 Å². The van der Waals surface area contributed by atoms with Gasteiger partial charge in [-0.05, 0) is 40.1 Å². The van der Waals surface area contributed by atoms with E-state index in [2.05, 4.69) is 10.3 Å². The predicted molar refractivity (Wildman–Crippen MR) is 120 cm³/mol. The fourth-order valence-electron chi connectivity index (χ4n) is 4.05. The van der Waals surface area contributed by atoms with Gasteiger partial charge in [0.05, 0.1) is 25.3 Å². The van der Waals surface area contributed by atoms with Gasteiger partial charge in [0.1, 0.15) is 6.10 Å². The van der Waals surface area contributed by atoms with Crippen molar-refractivity contribution in [2.75, 3.05) is 26.2 Å². The lowest BCUT2D eigenvalue weighted by molar-refractivity contribution is -0.131. The summed E-state index contributed by atoms with van der Waals surface area (Å²) in [6, 6.07) is 9.49. The van der Waals surface area contributed by atoms with Crippen LogP contribution in [0.25, 0.3) is 0 Å². The van der Waals surface area contributed by atoms with Crippen LogP contribution in [0.15, 0.2) is 41.1 Å². The number of rotatable bonds is 4. The Hall–Kier alpha value is -2.75. The molecule has 10 heteroatoms. The van der Waals surface area contributed by atoms with Gasteiger partial charge in [-0.2, -0.15) is 11.3 Å². The SMILES string of the molecule is O=C(Cc1ccsc1)N1CCN(C(=O)c2nnn3c2CO[C@H](c2ccc(Cl)cc2)C3)CC1. The Labute approximate surface area is 194 Å². The first kappa shape index (κ1) is 21.1. The Kier molecular flexibility index (Phi) is 5.95. The summed E-state index contributed by atoms with van der Waals surface area (Å²) in [4.78, 5) is 29.2. The number of amides is 2. The standard InChI is InChI=1S/C22H22ClN5O3S/c23-17-3-1-16(2-4-17)19-12-28-18(13-31-19)21(24-25-28)22(30)27-8-6-26(7-9-27)20(29)11-15-5-10-32-14-15/h1-5,10,14,19H,6-9,11-13H2/t19-/m0/s1. The van der Waals surface area contributed by atoms with E-state index in [1.165, 1.54) is 0 Å². The van der Waals surface area contributed by atoms with Crippen LogP contribution >= 0.6 is 22.9 Å². The van der Waals surface area contributed by atoms with Crippen molar-refractivity contribution in [2.45, 2.75) is 25.7 Å². The van der Waals surface area contributed by atoms with E-state index in [4.69, 9.17) is 16.3 Å². The van der Waals surface area contributed by atoms with Gasteiger partial charge in [-0.25, -0.2) is 4.68 Å². The maximum absolute atomic E-state index is 13.1. The average Bonchev–Trinajstić information content (AvgIpc) is 3.48. The third-order valence-electron chi connectivity index (χ3n) is 5.90. The lowest BCUT2D eigenvalue weighted by atomic mass is 10.1. The summed E-state index contributed by atoms with van der Waals surface area (Å²) in [7, 11) is 0. The smallest absolute Gasteiger partial charge is 0.276 e. The molecule has 0 unspecified atom stereocenters. The first-order chi connectivity index (χ1) is 15.6. The fraction of sp³-hybridized carbons (Fsp3) is 0.364. The van der Waals surface area contributed by atoms with Crippen LogP contribution < -0.4 is 0 Å². The molecule has 3 aromatic rings. The summed E-state index contributed by atoms with van der Waals surface area (Å²) in [5.41, 5.74) is 3.06. The maximum Gasteiger partial charge on any atom is 0.276 e. The van der Waals surface area contributed by atoms with Crippen LogP contribution in [0.2, 0.25) is 5.02 Å². The van der Waals surface area contributed by atoms with Crippen molar-refractivity contribution in [3.63, 3.8) is 0 Å². The number of piperazine rings is 1. The third-order valence-corrected chi connectivity index (χ3v) is 6.88. The average molecular weight is 472 g/mol. The molecule has 0 spiro atoms. The fourth-order valence-corrected chi connectivity index (χ4v) is 4.84. The molecule has 0 radical (unpaired) electrons. The Bertz CT molecular complexity index is 1110. The molecule has 2 aliphatic rings. The van der Waals surface area contributed by atoms with E-state index in [1.54, 1.807) is 20.9 Å². The second-order valence-electron chi connectivity index (χ2n) is 7.90. The van der Waals surface area contributed by atoms with Crippen LogP contribution in [0.5, 0.6) is 0 Å². The topological polar surface area (TPSA) is 80.6 Å². The number of carbonyl (C=O) groups excluding carboxylic acids is 2. The van der Waals surface area contributed by atoms with Gasteiger partial charge in [0.25, 0.3) is 5.91 Å². The Morgan fingerprint density at radius 3 is 2.56 bits per heavy atom. The molecule has 5 rings (SSSR count). The summed E-state index contributed by atoms with van der Waals surface area (Å²) < 4.78 is 7.75. The molecule has 8 nitrogen and oxygen atoms in total. The molecule has 0 saturated carbocycles. The van der Waals surface area contributed by atoms with Gasteiger partial charge >= 0.3 is 0 Å².